The van der Waals surface area contributed by atoms with E-state index in [1.165, 1.54) is 31.8 Å². The topological polar surface area (TPSA) is 0 Å². The molecule has 0 aromatic rings. The van der Waals surface area contributed by atoms with Crippen LogP contribution in [0.15, 0.2) is 12.7 Å². The lowest BCUT2D eigenvalue weighted by atomic mass is 9.68. The maximum Gasteiger partial charge on any atom is -0.0202 e. The van der Waals surface area contributed by atoms with E-state index in [1.807, 2.05) is 0 Å². The largest absolute Gasteiger partial charge is 0.137 e. The van der Waals surface area contributed by atoms with Crippen molar-refractivity contribution in [1.29, 1.82) is 0 Å². The molecule has 2 bridgehead atoms. The van der Waals surface area contributed by atoms with Crippen molar-refractivity contribution in [1.82, 2.24) is 0 Å². The normalized spacial score (nSPS) is 43.6. The van der Waals surface area contributed by atoms with Gasteiger partial charge in [0.05, 0.1) is 0 Å². The first-order valence-electron chi connectivity index (χ1n) is 7.09. The molecule has 0 nitrogen and oxygen atoms in total. The van der Waals surface area contributed by atoms with Crippen LogP contribution in [0.25, 0.3) is 0 Å². The van der Waals surface area contributed by atoms with Crippen LogP contribution in [0.2, 0.25) is 0 Å². The molecule has 1 heteroatoms. The summed E-state index contributed by atoms with van der Waals surface area (Å²) in [7, 11) is 2.98. The lowest BCUT2D eigenvalue weighted by Crippen LogP contribution is -2.32. The zero-order chi connectivity index (χ0) is 11.7. The first-order chi connectivity index (χ1) is 7.76. The molecular formula is C15H27P. The van der Waals surface area contributed by atoms with Crippen molar-refractivity contribution in [2.75, 3.05) is 6.16 Å². The Kier molecular flexibility index (Phi) is 4.11. The van der Waals surface area contributed by atoms with Gasteiger partial charge in [-0.3, -0.25) is 0 Å². The molecule has 2 saturated carbocycles. The van der Waals surface area contributed by atoms with Gasteiger partial charge in [0, 0.05) is 0 Å². The van der Waals surface area contributed by atoms with Gasteiger partial charge >= 0.3 is 0 Å². The van der Waals surface area contributed by atoms with Crippen LogP contribution in [-0.4, -0.2) is 6.16 Å². The van der Waals surface area contributed by atoms with Crippen LogP contribution in [0, 0.1) is 35.5 Å². The molecule has 0 heterocycles. The highest BCUT2D eigenvalue weighted by molar-refractivity contribution is 7.16. The molecule has 2 aliphatic carbocycles. The van der Waals surface area contributed by atoms with Crippen molar-refractivity contribution < 1.29 is 0 Å². The molecule has 0 N–H and O–H groups in total. The first-order valence-corrected chi connectivity index (χ1v) is 7.90. The smallest absolute Gasteiger partial charge is 0.0202 e. The summed E-state index contributed by atoms with van der Waals surface area (Å²) in [6.45, 7) is 8.81. The summed E-state index contributed by atoms with van der Waals surface area (Å²) in [5.74, 6) is 5.80. The van der Waals surface area contributed by atoms with Gasteiger partial charge in [-0.15, -0.1) is 15.8 Å². The van der Waals surface area contributed by atoms with Crippen molar-refractivity contribution in [3.8, 4) is 0 Å². The van der Waals surface area contributed by atoms with Crippen LogP contribution in [0.3, 0.4) is 0 Å². The molecule has 2 fully saturated rings. The minimum Gasteiger partial charge on any atom is -0.137 e. The quantitative estimate of drug-likeness (QED) is 0.493. The van der Waals surface area contributed by atoms with Gasteiger partial charge in [-0.2, -0.15) is 0 Å². The zero-order valence-corrected chi connectivity index (χ0v) is 12.0. The molecule has 0 saturated heterocycles. The lowest BCUT2D eigenvalue weighted by molar-refractivity contribution is 0.128. The van der Waals surface area contributed by atoms with E-state index in [0.29, 0.717) is 0 Å². The summed E-state index contributed by atoms with van der Waals surface area (Å²) in [6.07, 6.45) is 9.24. The van der Waals surface area contributed by atoms with Gasteiger partial charge in [0.2, 0.25) is 0 Å². The van der Waals surface area contributed by atoms with Crippen LogP contribution >= 0.6 is 9.24 Å². The number of fused-ring (bicyclic) bond motifs is 2. The monoisotopic (exact) mass is 238 g/mol. The molecule has 7 unspecified atom stereocenters. The highest BCUT2D eigenvalue weighted by Crippen LogP contribution is 2.59. The number of allylic oxidation sites excluding steroid dienone is 1. The van der Waals surface area contributed by atoms with Gasteiger partial charge in [0.1, 0.15) is 0 Å². The van der Waals surface area contributed by atoms with E-state index in [-0.39, 0.29) is 0 Å². The molecule has 2 aliphatic rings. The molecule has 92 valence electrons. The SMILES string of the molecule is C=CC1CC2CC1C(CC)C2C(CC)CP. The number of hydrogen-bond acceptors (Lipinski definition) is 0. The van der Waals surface area contributed by atoms with E-state index in [2.05, 4.69) is 35.7 Å². The van der Waals surface area contributed by atoms with E-state index in [4.69, 9.17) is 0 Å². The van der Waals surface area contributed by atoms with E-state index in [1.54, 1.807) is 0 Å². The predicted molar refractivity (Wildman–Crippen MR) is 75.5 cm³/mol. The fraction of sp³-hybridized carbons (Fsp3) is 0.867. The van der Waals surface area contributed by atoms with Gasteiger partial charge in [0.25, 0.3) is 0 Å². The third-order valence-corrected chi connectivity index (χ3v) is 6.04. The van der Waals surface area contributed by atoms with Gasteiger partial charge in [-0.25, -0.2) is 0 Å². The van der Waals surface area contributed by atoms with Gasteiger partial charge in [0.15, 0.2) is 0 Å². The average Bonchev–Trinajstić information content (AvgIpc) is 2.87. The van der Waals surface area contributed by atoms with Crippen LogP contribution in [0.4, 0.5) is 0 Å². The van der Waals surface area contributed by atoms with E-state index >= 15 is 0 Å². The molecule has 0 aromatic carbocycles. The molecule has 0 radical (unpaired) electrons. The highest BCUT2D eigenvalue weighted by Gasteiger charge is 2.52. The molecule has 7 atom stereocenters. The van der Waals surface area contributed by atoms with Crippen LogP contribution in [0.5, 0.6) is 0 Å². The zero-order valence-electron chi connectivity index (χ0n) is 10.9. The maximum absolute atomic E-state index is 4.04. The van der Waals surface area contributed by atoms with Crippen molar-refractivity contribution in [3.05, 3.63) is 12.7 Å². The fourth-order valence-electron chi connectivity index (χ4n) is 4.76. The summed E-state index contributed by atoms with van der Waals surface area (Å²) < 4.78 is 0. The Bertz CT molecular complexity index is 244. The Morgan fingerprint density at radius 1 is 1.38 bits per heavy atom. The maximum atomic E-state index is 4.04. The number of hydrogen-bond donors (Lipinski definition) is 0. The van der Waals surface area contributed by atoms with Crippen LogP contribution < -0.4 is 0 Å². The third-order valence-electron chi connectivity index (χ3n) is 5.43. The Balaban J connectivity index is 2.14. The van der Waals surface area contributed by atoms with Gasteiger partial charge in [-0.05, 0) is 54.5 Å². The summed E-state index contributed by atoms with van der Waals surface area (Å²) in [5.41, 5.74) is 0. The highest BCUT2D eigenvalue weighted by atomic mass is 31.0. The minimum absolute atomic E-state index is 0.841. The third kappa shape index (κ3) is 1.88. The van der Waals surface area contributed by atoms with Crippen LogP contribution in [-0.2, 0) is 0 Å². The second-order valence-electron chi connectivity index (χ2n) is 5.85. The fourth-order valence-corrected chi connectivity index (χ4v) is 5.41. The molecule has 16 heavy (non-hydrogen) atoms. The van der Waals surface area contributed by atoms with Gasteiger partial charge in [-0.1, -0.05) is 32.8 Å². The first kappa shape index (κ1) is 12.6. The molecule has 0 aromatic heterocycles. The van der Waals surface area contributed by atoms with Gasteiger partial charge < -0.3 is 0 Å². The van der Waals surface area contributed by atoms with Crippen molar-refractivity contribution in [2.24, 2.45) is 35.5 Å². The Hall–Kier alpha value is 0.170. The van der Waals surface area contributed by atoms with Crippen molar-refractivity contribution in [3.63, 3.8) is 0 Å². The van der Waals surface area contributed by atoms with Crippen molar-refractivity contribution >= 4 is 9.24 Å². The van der Waals surface area contributed by atoms with E-state index in [9.17, 15) is 0 Å². The summed E-state index contributed by atoms with van der Waals surface area (Å²) in [4.78, 5) is 0. The summed E-state index contributed by atoms with van der Waals surface area (Å²) >= 11 is 0. The number of rotatable bonds is 5. The lowest BCUT2D eigenvalue weighted by Gasteiger charge is -2.38. The minimum atomic E-state index is 0.841. The summed E-state index contributed by atoms with van der Waals surface area (Å²) in [6, 6.07) is 0. The van der Waals surface area contributed by atoms with E-state index < -0.39 is 0 Å². The Morgan fingerprint density at radius 3 is 2.62 bits per heavy atom. The molecule has 2 rings (SSSR count). The standard InChI is InChI=1S/C15H27P/c1-4-10-7-12-8-14(10)13(6-3)15(12)11(5-2)9-16/h4,10-15H,1,5-9,16H2,2-3H3. The van der Waals surface area contributed by atoms with Crippen molar-refractivity contribution in [2.45, 2.75) is 39.5 Å². The molecule has 0 amide bonds. The predicted octanol–water partition coefficient (Wildman–Crippen LogP) is 4.37. The second-order valence-corrected chi connectivity index (χ2v) is 6.32. The molecule has 0 spiro atoms. The summed E-state index contributed by atoms with van der Waals surface area (Å²) in [5, 5.41) is 0. The van der Waals surface area contributed by atoms with E-state index in [0.717, 1.165) is 35.5 Å². The Labute approximate surface area is 103 Å². The molecule has 0 aliphatic heterocycles. The second kappa shape index (κ2) is 5.21. The molecular weight excluding hydrogens is 211 g/mol. The Morgan fingerprint density at radius 2 is 2.12 bits per heavy atom. The van der Waals surface area contributed by atoms with Crippen LogP contribution in [0.1, 0.15) is 39.5 Å². The average molecular weight is 238 g/mol.